The van der Waals surface area contributed by atoms with E-state index in [2.05, 4.69) is 29.7 Å². The molecule has 3 rings (SSSR count). The number of hydrogen-bond acceptors (Lipinski definition) is 5. The second kappa shape index (κ2) is 5.39. The Balaban J connectivity index is 1.79. The highest BCUT2D eigenvalue weighted by molar-refractivity contribution is 5.64. The highest BCUT2D eigenvalue weighted by Gasteiger charge is 2.40. The lowest BCUT2D eigenvalue weighted by atomic mass is 9.95. The van der Waals surface area contributed by atoms with Crippen LogP contribution in [-0.4, -0.2) is 56.4 Å². The number of nitrogens with zero attached hydrogens (tertiary/aromatic N) is 2. The second-order valence-corrected chi connectivity index (χ2v) is 6.55. The highest BCUT2D eigenvalue weighted by atomic mass is 16.5. The number of ether oxygens (including phenoxy) is 2. The van der Waals surface area contributed by atoms with E-state index in [1.807, 2.05) is 12.1 Å². The molecule has 5 heteroatoms. The van der Waals surface area contributed by atoms with E-state index in [-0.39, 0.29) is 5.54 Å². The number of piperazine rings is 1. The van der Waals surface area contributed by atoms with Crippen LogP contribution in [0.15, 0.2) is 18.2 Å². The lowest BCUT2D eigenvalue weighted by Gasteiger charge is -2.53. The molecule has 0 atom stereocenters. The molecule has 0 unspecified atom stereocenters. The molecule has 2 N–H and O–H groups in total. The molecule has 1 aromatic rings. The minimum Gasteiger partial charge on any atom is -0.495 e. The van der Waals surface area contributed by atoms with Gasteiger partial charge < -0.3 is 20.1 Å². The maximum absolute atomic E-state index is 5.85. The predicted octanol–water partition coefficient (Wildman–Crippen LogP) is 1.58. The molecule has 2 aliphatic heterocycles. The summed E-state index contributed by atoms with van der Waals surface area (Å²) in [5.41, 5.74) is 7.84. The number of methoxy groups -OCH3 is 1. The third-order valence-electron chi connectivity index (χ3n) is 4.57. The Morgan fingerprint density at radius 3 is 2.62 bits per heavy atom. The van der Waals surface area contributed by atoms with Gasteiger partial charge in [-0.05, 0) is 26.0 Å². The Kier molecular flexibility index (Phi) is 3.71. The van der Waals surface area contributed by atoms with Crippen LogP contribution in [0, 0.1) is 0 Å². The summed E-state index contributed by atoms with van der Waals surface area (Å²) < 4.78 is 10.9. The van der Waals surface area contributed by atoms with E-state index < -0.39 is 0 Å². The Bertz CT molecular complexity index is 514. The first-order valence-electron chi connectivity index (χ1n) is 7.54. The monoisotopic (exact) mass is 291 g/mol. The molecule has 1 aromatic carbocycles. The van der Waals surface area contributed by atoms with Crippen molar-refractivity contribution in [2.45, 2.75) is 25.4 Å². The highest BCUT2D eigenvalue weighted by Crippen LogP contribution is 2.35. The Labute approximate surface area is 126 Å². The summed E-state index contributed by atoms with van der Waals surface area (Å²) in [6.07, 6.45) is 0. The van der Waals surface area contributed by atoms with Crippen LogP contribution in [0.3, 0.4) is 0 Å². The summed E-state index contributed by atoms with van der Waals surface area (Å²) in [6, 6.07) is 6.48. The van der Waals surface area contributed by atoms with Crippen LogP contribution in [-0.2, 0) is 4.74 Å². The molecule has 2 fully saturated rings. The summed E-state index contributed by atoms with van der Waals surface area (Å²) >= 11 is 0. The molecule has 2 heterocycles. The fourth-order valence-corrected chi connectivity index (χ4v) is 3.41. The van der Waals surface area contributed by atoms with Crippen molar-refractivity contribution in [1.29, 1.82) is 0 Å². The van der Waals surface area contributed by atoms with Crippen molar-refractivity contribution < 1.29 is 9.47 Å². The van der Waals surface area contributed by atoms with Crippen molar-refractivity contribution in [3.63, 3.8) is 0 Å². The normalized spacial score (nSPS) is 22.9. The van der Waals surface area contributed by atoms with Crippen LogP contribution in [0.2, 0.25) is 0 Å². The van der Waals surface area contributed by atoms with Gasteiger partial charge in [-0.15, -0.1) is 0 Å². The van der Waals surface area contributed by atoms with Gasteiger partial charge in [-0.25, -0.2) is 0 Å². The third kappa shape index (κ3) is 2.68. The first-order valence-corrected chi connectivity index (χ1v) is 7.54. The van der Waals surface area contributed by atoms with Crippen molar-refractivity contribution in [2.24, 2.45) is 0 Å². The maximum atomic E-state index is 5.85. The van der Waals surface area contributed by atoms with E-state index in [4.69, 9.17) is 15.2 Å². The molecule has 0 amide bonds. The minimum atomic E-state index is 0.124. The molecule has 116 valence electrons. The van der Waals surface area contributed by atoms with E-state index >= 15 is 0 Å². The molecule has 5 nitrogen and oxygen atoms in total. The van der Waals surface area contributed by atoms with Gasteiger partial charge in [0.1, 0.15) is 5.75 Å². The van der Waals surface area contributed by atoms with Crippen LogP contribution in [0.1, 0.15) is 13.8 Å². The van der Waals surface area contributed by atoms with Gasteiger partial charge in [-0.3, -0.25) is 4.90 Å². The Hall–Kier alpha value is -1.46. The average Bonchev–Trinajstić information content (AvgIpc) is 2.38. The first-order chi connectivity index (χ1) is 10.0. The molecule has 2 aliphatic rings. The van der Waals surface area contributed by atoms with Gasteiger partial charge in [0, 0.05) is 36.9 Å². The van der Waals surface area contributed by atoms with Crippen molar-refractivity contribution in [1.82, 2.24) is 4.90 Å². The smallest absolute Gasteiger partial charge is 0.144 e. The lowest BCUT2D eigenvalue weighted by Crippen LogP contribution is -2.66. The van der Waals surface area contributed by atoms with Gasteiger partial charge in [0.2, 0.25) is 0 Å². The Morgan fingerprint density at radius 1 is 1.29 bits per heavy atom. The van der Waals surface area contributed by atoms with Gasteiger partial charge in [-0.2, -0.15) is 0 Å². The first kappa shape index (κ1) is 14.5. The fourth-order valence-electron chi connectivity index (χ4n) is 3.41. The lowest BCUT2D eigenvalue weighted by molar-refractivity contribution is -0.100. The second-order valence-electron chi connectivity index (χ2n) is 6.55. The zero-order chi connectivity index (χ0) is 15.0. The van der Waals surface area contributed by atoms with Gasteiger partial charge >= 0.3 is 0 Å². The molecule has 0 spiro atoms. The van der Waals surface area contributed by atoms with E-state index in [1.165, 1.54) is 0 Å². The topological polar surface area (TPSA) is 51.0 Å². The van der Waals surface area contributed by atoms with Crippen LogP contribution in [0.4, 0.5) is 11.4 Å². The van der Waals surface area contributed by atoms with Crippen molar-refractivity contribution in [3.8, 4) is 5.75 Å². The largest absolute Gasteiger partial charge is 0.495 e. The van der Waals surface area contributed by atoms with Gasteiger partial charge in [0.05, 0.1) is 32.1 Å². The molecule has 2 saturated heterocycles. The third-order valence-corrected chi connectivity index (χ3v) is 4.57. The molecule has 0 aromatic heterocycles. The molecular formula is C16H25N3O2. The zero-order valence-corrected chi connectivity index (χ0v) is 13.1. The summed E-state index contributed by atoms with van der Waals surface area (Å²) in [5.74, 6) is 0.853. The number of rotatable bonds is 3. The van der Waals surface area contributed by atoms with Crippen LogP contribution < -0.4 is 15.4 Å². The summed E-state index contributed by atoms with van der Waals surface area (Å²) in [5, 5.41) is 0. The van der Waals surface area contributed by atoms with E-state index in [9.17, 15) is 0 Å². The predicted molar refractivity (Wildman–Crippen MR) is 85.0 cm³/mol. The molecule has 0 aliphatic carbocycles. The standard InChI is InChI=1S/C16H25N3O2/c1-16(2)11-18(6-7-19(16)13-9-21-10-13)14-5-4-12(17)8-15(14)20-3/h4-5,8,13H,6-7,9-11,17H2,1-3H3. The van der Waals surface area contributed by atoms with E-state index in [0.29, 0.717) is 6.04 Å². The zero-order valence-electron chi connectivity index (χ0n) is 13.1. The van der Waals surface area contributed by atoms with E-state index in [1.54, 1.807) is 7.11 Å². The van der Waals surface area contributed by atoms with Gasteiger partial charge in [-0.1, -0.05) is 0 Å². The SMILES string of the molecule is COc1cc(N)ccc1N1CCN(C2COC2)C(C)(C)C1. The fraction of sp³-hybridized carbons (Fsp3) is 0.625. The molecular weight excluding hydrogens is 266 g/mol. The van der Waals surface area contributed by atoms with Crippen LogP contribution in [0.25, 0.3) is 0 Å². The maximum Gasteiger partial charge on any atom is 0.144 e. The van der Waals surface area contributed by atoms with Gasteiger partial charge in [0.25, 0.3) is 0 Å². The van der Waals surface area contributed by atoms with Crippen LogP contribution in [0.5, 0.6) is 5.75 Å². The van der Waals surface area contributed by atoms with Gasteiger partial charge in [0.15, 0.2) is 0 Å². The number of hydrogen-bond donors (Lipinski definition) is 1. The number of nitrogens with two attached hydrogens (primary N) is 1. The molecule has 0 bridgehead atoms. The summed E-state index contributed by atoms with van der Waals surface area (Å²) in [7, 11) is 1.70. The molecule has 21 heavy (non-hydrogen) atoms. The number of benzene rings is 1. The average molecular weight is 291 g/mol. The molecule has 0 saturated carbocycles. The van der Waals surface area contributed by atoms with Crippen molar-refractivity contribution >= 4 is 11.4 Å². The van der Waals surface area contributed by atoms with Crippen LogP contribution >= 0.6 is 0 Å². The van der Waals surface area contributed by atoms with Crippen molar-refractivity contribution in [2.75, 3.05) is 50.6 Å². The summed E-state index contributed by atoms with van der Waals surface area (Å²) in [6.45, 7) is 9.38. The Morgan fingerprint density at radius 2 is 2.05 bits per heavy atom. The summed E-state index contributed by atoms with van der Waals surface area (Å²) in [4.78, 5) is 4.98. The number of anilines is 2. The van der Waals surface area contributed by atoms with Crippen molar-refractivity contribution in [3.05, 3.63) is 18.2 Å². The quantitative estimate of drug-likeness (QED) is 0.857. The molecule has 0 radical (unpaired) electrons. The minimum absolute atomic E-state index is 0.124. The van der Waals surface area contributed by atoms with E-state index in [0.717, 1.165) is 50.0 Å². The number of nitrogen functional groups attached to an aromatic ring is 1.